The lowest BCUT2D eigenvalue weighted by atomic mass is 10.0. The Bertz CT molecular complexity index is 878. The van der Waals surface area contributed by atoms with E-state index in [-0.39, 0.29) is 18.5 Å². The van der Waals surface area contributed by atoms with Crippen molar-refractivity contribution in [2.24, 2.45) is 0 Å². The van der Waals surface area contributed by atoms with Gasteiger partial charge in [-0.2, -0.15) is 0 Å². The summed E-state index contributed by atoms with van der Waals surface area (Å²) in [7, 11) is 0. The molecule has 3 N–H and O–H groups in total. The van der Waals surface area contributed by atoms with E-state index in [0.717, 1.165) is 57.8 Å². The number of aliphatic hydroxyl groups is 2. The highest BCUT2D eigenvalue weighted by Crippen LogP contribution is 2.16. The van der Waals surface area contributed by atoms with E-state index in [0.29, 0.717) is 19.4 Å². The number of aliphatic hydroxyl groups excluding tert-OH is 2. The summed E-state index contributed by atoms with van der Waals surface area (Å²) in [4.78, 5) is 24.5. The minimum Gasteiger partial charge on any atom is -0.466 e. The van der Waals surface area contributed by atoms with Crippen molar-refractivity contribution in [3.8, 4) is 0 Å². The van der Waals surface area contributed by atoms with Crippen molar-refractivity contribution in [1.29, 1.82) is 0 Å². The number of esters is 1. The molecule has 0 aliphatic rings. The van der Waals surface area contributed by atoms with Crippen LogP contribution in [0.3, 0.4) is 0 Å². The normalized spacial score (nSPS) is 12.7. The van der Waals surface area contributed by atoms with Crippen LogP contribution in [0.4, 0.5) is 0 Å². The van der Waals surface area contributed by atoms with Crippen molar-refractivity contribution in [3.05, 3.63) is 12.2 Å². The monoisotopic (exact) mass is 834 g/mol. The predicted octanol–water partition coefficient (Wildman–Crippen LogP) is 15.7. The molecule has 0 heterocycles. The summed E-state index contributed by atoms with van der Waals surface area (Å²) in [6.07, 6.45) is 56.4. The zero-order chi connectivity index (χ0) is 43.0. The second-order valence-electron chi connectivity index (χ2n) is 18.2. The van der Waals surface area contributed by atoms with E-state index in [1.165, 1.54) is 205 Å². The molecule has 6 heteroatoms. The van der Waals surface area contributed by atoms with Gasteiger partial charge in [0.15, 0.2) is 0 Å². The van der Waals surface area contributed by atoms with E-state index in [1.807, 2.05) is 6.08 Å². The van der Waals surface area contributed by atoms with Crippen LogP contribution < -0.4 is 5.32 Å². The van der Waals surface area contributed by atoms with Gasteiger partial charge >= 0.3 is 5.97 Å². The first-order valence-electron chi connectivity index (χ1n) is 26.5. The maximum Gasteiger partial charge on any atom is 0.305 e. The number of hydrogen-bond donors (Lipinski definition) is 3. The molecule has 6 nitrogen and oxygen atoms in total. The molecule has 59 heavy (non-hydrogen) atoms. The van der Waals surface area contributed by atoms with Crippen molar-refractivity contribution in [1.82, 2.24) is 5.32 Å². The minimum atomic E-state index is -0.858. The van der Waals surface area contributed by atoms with Crippen LogP contribution in [-0.4, -0.2) is 47.4 Å². The van der Waals surface area contributed by atoms with E-state index < -0.39 is 12.1 Å². The Labute approximate surface area is 368 Å². The SMILES string of the molecule is CCCCCCCCCCCCCCCCCC/C=C/C(O)C(CO)NC(=O)CCCCCCCCCCCCOC(=O)CCCCCCCCCCCCCCCC. The highest BCUT2D eigenvalue weighted by atomic mass is 16.5. The highest BCUT2D eigenvalue weighted by Gasteiger charge is 2.18. The Balaban J connectivity index is 3.51. The number of unbranched alkanes of at least 4 members (excludes halogenated alkanes) is 38. The first-order valence-corrected chi connectivity index (χ1v) is 26.5. The van der Waals surface area contributed by atoms with Crippen molar-refractivity contribution >= 4 is 11.9 Å². The average Bonchev–Trinajstić information content (AvgIpc) is 3.24. The molecule has 0 aromatic heterocycles. The molecule has 0 saturated carbocycles. The van der Waals surface area contributed by atoms with Gasteiger partial charge in [0.25, 0.3) is 0 Å². The topological polar surface area (TPSA) is 95.9 Å². The summed E-state index contributed by atoms with van der Waals surface area (Å²) < 4.78 is 5.45. The predicted molar refractivity (Wildman–Crippen MR) is 255 cm³/mol. The molecular formula is C53H103NO5. The maximum absolute atomic E-state index is 12.4. The van der Waals surface area contributed by atoms with Gasteiger partial charge < -0.3 is 20.3 Å². The van der Waals surface area contributed by atoms with Gasteiger partial charge in [-0.3, -0.25) is 9.59 Å². The summed E-state index contributed by atoms with van der Waals surface area (Å²) in [5, 5.41) is 23.1. The Morgan fingerprint density at radius 3 is 1.15 bits per heavy atom. The number of carbonyl (C=O) groups excluding carboxylic acids is 2. The van der Waals surface area contributed by atoms with Gasteiger partial charge in [0, 0.05) is 12.8 Å². The van der Waals surface area contributed by atoms with Crippen LogP contribution in [0.1, 0.15) is 290 Å². The van der Waals surface area contributed by atoms with Crippen molar-refractivity contribution in [2.75, 3.05) is 13.2 Å². The molecule has 0 rings (SSSR count). The van der Waals surface area contributed by atoms with Crippen LogP contribution in [0.25, 0.3) is 0 Å². The first-order chi connectivity index (χ1) is 29.0. The number of allylic oxidation sites excluding steroid dienone is 1. The standard InChI is InChI=1S/C53H103NO5/c1-3-5-7-9-11-13-15-17-19-20-21-22-23-25-29-33-37-41-45-51(56)50(49-55)54-52(57)46-42-38-34-30-27-28-32-36-40-44-48-59-53(58)47-43-39-35-31-26-24-18-16-14-12-10-8-6-4-2/h41,45,50-51,55-56H,3-40,42-44,46-49H2,1-2H3,(H,54,57)/b45-41+. The lowest BCUT2D eigenvalue weighted by molar-refractivity contribution is -0.143. The van der Waals surface area contributed by atoms with Crippen LogP contribution in [0.2, 0.25) is 0 Å². The molecule has 0 saturated heterocycles. The van der Waals surface area contributed by atoms with E-state index in [4.69, 9.17) is 4.74 Å². The van der Waals surface area contributed by atoms with Gasteiger partial charge in [0.05, 0.1) is 25.4 Å². The zero-order valence-electron chi connectivity index (χ0n) is 39.7. The minimum absolute atomic E-state index is 0.0181. The fraction of sp³-hybridized carbons (Fsp3) is 0.925. The Morgan fingerprint density at radius 2 is 0.780 bits per heavy atom. The summed E-state index contributed by atoms with van der Waals surface area (Å²) in [6, 6.07) is -0.643. The second kappa shape index (κ2) is 49.3. The van der Waals surface area contributed by atoms with E-state index in [2.05, 4.69) is 19.2 Å². The summed E-state index contributed by atoms with van der Waals surface area (Å²) >= 11 is 0. The molecule has 0 aliphatic carbocycles. The third kappa shape index (κ3) is 45.9. The quantitative estimate of drug-likeness (QED) is 0.0322. The molecule has 2 atom stereocenters. The Hall–Kier alpha value is -1.40. The maximum atomic E-state index is 12.4. The smallest absolute Gasteiger partial charge is 0.305 e. The average molecular weight is 834 g/mol. The molecule has 2 unspecified atom stereocenters. The number of ether oxygens (including phenoxy) is 1. The second-order valence-corrected chi connectivity index (χ2v) is 18.2. The molecule has 0 fully saturated rings. The Kier molecular flexibility index (Phi) is 48.1. The van der Waals surface area contributed by atoms with E-state index >= 15 is 0 Å². The summed E-state index contributed by atoms with van der Waals surface area (Å²) in [5.74, 6) is -0.106. The Morgan fingerprint density at radius 1 is 0.458 bits per heavy atom. The van der Waals surface area contributed by atoms with Crippen LogP contribution in [0.5, 0.6) is 0 Å². The van der Waals surface area contributed by atoms with Gasteiger partial charge in [0.2, 0.25) is 5.91 Å². The lowest BCUT2D eigenvalue weighted by Gasteiger charge is -2.20. The van der Waals surface area contributed by atoms with Gasteiger partial charge in [-0.15, -0.1) is 0 Å². The molecule has 0 aliphatic heterocycles. The zero-order valence-corrected chi connectivity index (χ0v) is 39.7. The first kappa shape index (κ1) is 57.6. The van der Waals surface area contributed by atoms with Crippen molar-refractivity contribution in [2.45, 2.75) is 302 Å². The molecule has 0 aromatic carbocycles. The fourth-order valence-corrected chi connectivity index (χ4v) is 8.22. The largest absolute Gasteiger partial charge is 0.466 e. The van der Waals surface area contributed by atoms with Crippen LogP contribution in [-0.2, 0) is 14.3 Å². The third-order valence-electron chi connectivity index (χ3n) is 12.3. The summed E-state index contributed by atoms with van der Waals surface area (Å²) in [6.45, 7) is 4.87. The van der Waals surface area contributed by atoms with Gasteiger partial charge in [0.1, 0.15) is 0 Å². The molecule has 0 radical (unpaired) electrons. The highest BCUT2D eigenvalue weighted by molar-refractivity contribution is 5.76. The molecule has 0 spiro atoms. The number of nitrogens with one attached hydrogen (secondary N) is 1. The van der Waals surface area contributed by atoms with E-state index in [1.54, 1.807) is 6.08 Å². The van der Waals surface area contributed by atoms with Crippen molar-refractivity contribution in [3.63, 3.8) is 0 Å². The number of hydrogen-bond acceptors (Lipinski definition) is 5. The van der Waals surface area contributed by atoms with Crippen LogP contribution >= 0.6 is 0 Å². The van der Waals surface area contributed by atoms with Crippen LogP contribution in [0, 0.1) is 0 Å². The van der Waals surface area contributed by atoms with Gasteiger partial charge in [-0.05, 0) is 32.1 Å². The molecular weight excluding hydrogens is 731 g/mol. The van der Waals surface area contributed by atoms with Gasteiger partial charge in [-0.25, -0.2) is 0 Å². The number of carbonyl (C=O) groups is 2. The lowest BCUT2D eigenvalue weighted by Crippen LogP contribution is -2.45. The third-order valence-corrected chi connectivity index (χ3v) is 12.3. The van der Waals surface area contributed by atoms with Crippen molar-refractivity contribution < 1.29 is 24.5 Å². The fourth-order valence-electron chi connectivity index (χ4n) is 8.22. The summed E-state index contributed by atoms with van der Waals surface area (Å²) in [5.41, 5.74) is 0. The number of rotatable bonds is 49. The number of amides is 1. The van der Waals surface area contributed by atoms with Gasteiger partial charge in [-0.1, -0.05) is 257 Å². The molecule has 350 valence electrons. The molecule has 1 amide bonds. The van der Waals surface area contributed by atoms with E-state index in [9.17, 15) is 19.8 Å². The molecule has 0 aromatic rings. The molecule has 0 bridgehead atoms. The van der Waals surface area contributed by atoms with Crippen LogP contribution in [0.15, 0.2) is 12.2 Å².